The van der Waals surface area contributed by atoms with Crippen molar-refractivity contribution in [2.45, 2.75) is 97.0 Å². The number of carbonyl (C=O) groups excluding carboxylic acids is 1. The van der Waals surface area contributed by atoms with Gasteiger partial charge < -0.3 is 4.74 Å². The maximum absolute atomic E-state index is 12.0. The Hall–Kier alpha value is -1.57. The number of rotatable bonds is 15. The van der Waals surface area contributed by atoms with Crippen molar-refractivity contribution < 1.29 is 9.53 Å². The number of benzene rings is 1. The second-order valence-electron chi connectivity index (χ2n) is 7.25. The summed E-state index contributed by atoms with van der Waals surface area (Å²) in [7, 11) is 0. The SMILES string of the molecule is CCCC/C=C\CCCCCCCCC[C@H](C)OC(=O)c1ccccc1. The van der Waals surface area contributed by atoms with Crippen LogP contribution in [0.1, 0.15) is 101 Å². The molecule has 0 radical (unpaired) electrons. The van der Waals surface area contributed by atoms with Gasteiger partial charge in [-0.05, 0) is 51.2 Å². The molecule has 0 aromatic heterocycles. The zero-order valence-electron chi connectivity index (χ0n) is 16.9. The largest absolute Gasteiger partial charge is 0.459 e. The van der Waals surface area contributed by atoms with Crippen molar-refractivity contribution in [2.24, 2.45) is 0 Å². The van der Waals surface area contributed by atoms with Gasteiger partial charge >= 0.3 is 5.97 Å². The highest BCUT2D eigenvalue weighted by Crippen LogP contribution is 2.13. The molecule has 0 bridgehead atoms. The van der Waals surface area contributed by atoms with Gasteiger partial charge in [-0.2, -0.15) is 0 Å². The lowest BCUT2D eigenvalue weighted by atomic mass is 10.1. The highest BCUT2D eigenvalue weighted by atomic mass is 16.5. The van der Waals surface area contributed by atoms with Crippen LogP contribution in [-0.2, 0) is 4.74 Å². The van der Waals surface area contributed by atoms with E-state index in [9.17, 15) is 4.79 Å². The van der Waals surface area contributed by atoms with E-state index in [4.69, 9.17) is 4.74 Å². The minimum Gasteiger partial charge on any atom is -0.459 e. The van der Waals surface area contributed by atoms with Crippen molar-refractivity contribution in [3.05, 3.63) is 48.0 Å². The molecule has 0 aliphatic carbocycles. The molecule has 1 rings (SSSR count). The van der Waals surface area contributed by atoms with Gasteiger partial charge in [0.15, 0.2) is 0 Å². The summed E-state index contributed by atoms with van der Waals surface area (Å²) in [4.78, 5) is 12.0. The highest BCUT2D eigenvalue weighted by Gasteiger charge is 2.10. The molecule has 0 saturated carbocycles. The maximum Gasteiger partial charge on any atom is 0.338 e. The number of unbranched alkanes of at least 4 members (excludes halogenated alkanes) is 9. The lowest BCUT2D eigenvalue weighted by molar-refractivity contribution is 0.0319. The van der Waals surface area contributed by atoms with Crippen molar-refractivity contribution in [3.8, 4) is 0 Å². The van der Waals surface area contributed by atoms with Gasteiger partial charge in [0.05, 0.1) is 11.7 Å². The summed E-state index contributed by atoms with van der Waals surface area (Å²) in [6.07, 6.45) is 19.8. The number of carbonyl (C=O) groups is 1. The number of ether oxygens (including phenoxy) is 1. The molecule has 1 aromatic rings. The Kier molecular flexibility index (Phi) is 13.5. The van der Waals surface area contributed by atoms with Crippen LogP contribution in [-0.4, -0.2) is 12.1 Å². The molecule has 1 atom stereocenters. The number of esters is 1. The fourth-order valence-corrected chi connectivity index (χ4v) is 3.02. The molecule has 0 N–H and O–H groups in total. The second kappa shape index (κ2) is 15.7. The normalized spacial score (nSPS) is 12.4. The quantitative estimate of drug-likeness (QED) is 0.184. The fourth-order valence-electron chi connectivity index (χ4n) is 3.02. The number of hydrogen-bond acceptors (Lipinski definition) is 2. The molecule has 26 heavy (non-hydrogen) atoms. The first-order valence-corrected chi connectivity index (χ1v) is 10.6. The first-order chi connectivity index (χ1) is 12.7. The van der Waals surface area contributed by atoms with E-state index in [1.165, 1.54) is 64.2 Å². The molecule has 0 heterocycles. The summed E-state index contributed by atoms with van der Waals surface area (Å²) >= 11 is 0. The van der Waals surface area contributed by atoms with Gasteiger partial charge in [0.25, 0.3) is 0 Å². The topological polar surface area (TPSA) is 26.3 Å². The van der Waals surface area contributed by atoms with Crippen molar-refractivity contribution in [1.82, 2.24) is 0 Å². The standard InChI is InChI=1S/C24H38O2/c1-3-4-5-6-7-8-9-10-11-12-13-14-16-19-22(2)26-24(25)23-20-17-15-18-21-23/h6-7,15,17-18,20-22H,3-5,8-14,16,19H2,1-2H3/b7-6-/t22-/m0/s1. The molecule has 0 aliphatic rings. The molecule has 0 aliphatic heterocycles. The van der Waals surface area contributed by atoms with Crippen LogP contribution in [0.15, 0.2) is 42.5 Å². The predicted molar refractivity (Wildman–Crippen MR) is 112 cm³/mol. The van der Waals surface area contributed by atoms with Crippen molar-refractivity contribution >= 4 is 5.97 Å². The zero-order valence-corrected chi connectivity index (χ0v) is 16.9. The van der Waals surface area contributed by atoms with Crippen molar-refractivity contribution in [2.75, 3.05) is 0 Å². The molecular formula is C24H38O2. The Labute approximate surface area is 161 Å². The summed E-state index contributed by atoms with van der Waals surface area (Å²) < 4.78 is 5.50. The van der Waals surface area contributed by atoms with Gasteiger partial charge in [-0.15, -0.1) is 0 Å². The molecule has 146 valence electrons. The summed E-state index contributed by atoms with van der Waals surface area (Å²) in [5.74, 6) is -0.207. The van der Waals surface area contributed by atoms with Crippen LogP contribution >= 0.6 is 0 Å². The Morgan fingerprint density at radius 2 is 1.46 bits per heavy atom. The number of allylic oxidation sites excluding steroid dienone is 2. The third-order valence-corrected chi connectivity index (χ3v) is 4.69. The zero-order chi connectivity index (χ0) is 18.9. The lowest BCUT2D eigenvalue weighted by Gasteiger charge is -2.13. The van der Waals surface area contributed by atoms with E-state index in [0.29, 0.717) is 5.56 Å². The predicted octanol–water partition coefficient (Wildman–Crippen LogP) is 7.49. The van der Waals surface area contributed by atoms with E-state index in [2.05, 4.69) is 19.1 Å². The van der Waals surface area contributed by atoms with Gasteiger partial charge in [-0.1, -0.05) is 82.2 Å². The molecule has 0 spiro atoms. The molecule has 0 saturated heterocycles. The monoisotopic (exact) mass is 358 g/mol. The summed E-state index contributed by atoms with van der Waals surface area (Å²) in [6.45, 7) is 4.24. The molecule has 0 unspecified atom stereocenters. The van der Waals surface area contributed by atoms with Crippen LogP contribution < -0.4 is 0 Å². The Bertz CT molecular complexity index is 478. The van der Waals surface area contributed by atoms with Gasteiger partial charge in [0, 0.05) is 0 Å². The molecular weight excluding hydrogens is 320 g/mol. The fraction of sp³-hybridized carbons (Fsp3) is 0.625. The van der Waals surface area contributed by atoms with Crippen molar-refractivity contribution in [3.63, 3.8) is 0 Å². The second-order valence-corrected chi connectivity index (χ2v) is 7.25. The minimum atomic E-state index is -0.207. The summed E-state index contributed by atoms with van der Waals surface area (Å²) in [6, 6.07) is 9.24. The average Bonchev–Trinajstić information content (AvgIpc) is 2.66. The molecule has 1 aromatic carbocycles. The van der Waals surface area contributed by atoms with Gasteiger partial charge in [-0.25, -0.2) is 4.79 Å². The first kappa shape index (κ1) is 22.5. The molecule has 0 amide bonds. The summed E-state index contributed by atoms with van der Waals surface area (Å²) in [5, 5.41) is 0. The summed E-state index contributed by atoms with van der Waals surface area (Å²) in [5.41, 5.74) is 0.638. The lowest BCUT2D eigenvalue weighted by Crippen LogP contribution is -2.14. The Balaban J connectivity index is 1.91. The van der Waals surface area contributed by atoms with E-state index >= 15 is 0 Å². The third-order valence-electron chi connectivity index (χ3n) is 4.69. The molecule has 0 fully saturated rings. The maximum atomic E-state index is 12.0. The first-order valence-electron chi connectivity index (χ1n) is 10.6. The van der Waals surface area contributed by atoms with Crippen LogP contribution in [0.4, 0.5) is 0 Å². The minimum absolute atomic E-state index is 0.00204. The third kappa shape index (κ3) is 11.9. The Morgan fingerprint density at radius 1 is 0.885 bits per heavy atom. The van der Waals surface area contributed by atoms with Gasteiger partial charge in [-0.3, -0.25) is 0 Å². The smallest absolute Gasteiger partial charge is 0.338 e. The van der Waals surface area contributed by atoms with E-state index in [0.717, 1.165) is 12.8 Å². The van der Waals surface area contributed by atoms with E-state index in [1.807, 2.05) is 25.1 Å². The van der Waals surface area contributed by atoms with Crippen LogP contribution in [0.5, 0.6) is 0 Å². The molecule has 2 nitrogen and oxygen atoms in total. The van der Waals surface area contributed by atoms with Gasteiger partial charge in [0.1, 0.15) is 0 Å². The Morgan fingerprint density at radius 3 is 2.12 bits per heavy atom. The van der Waals surface area contributed by atoms with Crippen LogP contribution in [0.3, 0.4) is 0 Å². The van der Waals surface area contributed by atoms with E-state index in [-0.39, 0.29) is 12.1 Å². The highest BCUT2D eigenvalue weighted by molar-refractivity contribution is 5.89. The van der Waals surface area contributed by atoms with E-state index in [1.54, 1.807) is 12.1 Å². The molecule has 2 heteroatoms. The van der Waals surface area contributed by atoms with Crippen LogP contribution in [0.2, 0.25) is 0 Å². The van der Waals surface area contributed by atoms with Crippen LogP contribution in [0, 0.1) is 0 Å². The average molecular weight is 359 g/mol. The number of hydrogen-bond donors (Lipinski definition) is 0. The van der Waals surface area contributed by atoms with E-state index < -0.39 is 0 Å². The van der Waals surface area contributed by atoms with Gasteiger partial charge in [0.2, 0.25) is 0 Å². The van der Waals surface area contributed by atoms with Crippen molar-refractivity contribution in [1.29, 1.82) is 0 Å². The van der Waals surface area contributed by atoms with Crippen LogP contribution in [0.25, 0.3) is 0 Å².